The van der Waals surface area contributed by atoms with E-state index in [1.54, 1.807) is 0 Å². The molecule has 0 aliphatic heterocycles. The van der Waals surface area contributed by atoms with Gasteiger partial charge in [-0.05, 0) is 36.3 Å². The maximum atomic E-state index is 12.3. The van der Waals surface area contributed by atoms with Crippen molar-refractivity contribution in [3.05, 3.63) is 35.4 Å². The first-order valence-corrected chi connectivity index (χ1v) is 8.01. The number of aryl methyl sites for hydroxylation is 1. The Labute approximate surface area is 123 Å². The van der Waals surface area contributed by atoms with Gasteiger partial charge in [0, 0.05) is 5.92 Å². The molecule has 1 aliphatic rings. The van der Waals surface area contributed by atoms with Crippen LogP contribution in [-0.4, -0.2) is 5.91 Å². The molecule has 1 fully saturated rings. The van der Waals surface area contributed by atoms with E-state index < -0.39 is 0 Å². The molecule has 1 aromatic carbocycles. The van der Waals surface area contributed by atoms with Gasteiger partial charge in [0.2, 0.25) is 5.91 Å². The smallest absolute Gasteiger partial charge is 0.223 e. The fraction of sp³-hybridized carbons (Fsp3) is 0.611. The van der Waals surface area contributed by atoms with Crippen LogP contribution in [0.3, 0.4) is 0 Å². The van der Waals surface area contributed by atoms with Gasteiger partial charge in [-0.2, -0.15) is 0 Å². The average molecular weight is 273 g/mol. The third-order valence-electron chi connectivity index (χ3n) is 4.44. The summed E-state index contributed by atoms with van der Waals surface area (Å²) in [6.07, 6.45) is 5.59. The van der Waals surface area contributed by atoms with Crippen LogP contribution in [0.15, 0.2) is 24.3 Å². The molecule has 1 N–H and O–H groups in total. The molecular formula is C18H27NO. The zero-order chi connectivity index (χ0) is 14.5. The normalized spacial score (nSPS) is 17.4. The Bertz CT molecular complexity index is 429. The second kappa shape index (κ2) is 6.92. The third-order valence-corrected chi connectivity index (χ3v) is 4.44. The summed E-state index contributed by atoms with van der Waals surface area (Å²) < 4.78 is 0. The molecule has 2 rings (SSSR count). The van der Waals surface area contributed by atoms with Gasteiger partial charge in [-0.25, -0.2) is 0 Å². The van der Waals surface area contributed by atoms with Crippen LogP contribution in [-0.2, 0) is 11.2 Å². The molecule has 0 spiro atoms. The highest BCUT2D eigenvalue weighted by Crippen LogP contribution is 2.28. The Morgan fingerprint density at radius 1 is 1.20 bits per heavy atom. The van der Waals surface area contributed by atoms with Crippen molar-refractivity contribution in [2.45, 2.75) is 58.9 Å². The molecule has 1 atom stereocenters. The van der Waals surface area contributed by atoms with Crippen LogP contribution in [0.2, 0.25) is 0 Å². The van der Waals surface area contributed by atoms with E-state index in [9.17, 15) is 4.79 Å². The monoisotopic (exact) mass is 273 g/mol. The predicted molar refractivity (Wildman–Crippen MR) is 83.5 cm³/mol. The minimum absolute atomic E-state index is 0.133. The summed E-state index contributed by atoms with van der Waals surface area (Å²) >= 11 is 0. The molecule has 2 nitrogen and oxygen atoms in total. The zero-order valence-electron chi connectivity index (χ0n) is 13.0. The van der Waals surface area contributed by atoms with E-state index in [-0.39, 0.29) is 17.9 Å². The van der Waals surface area contributed by atoms with E-state index in [4.69, 9.17) is 0 Å². The first-order chi connectivity index (χ1) is 9.61. The van der Waals surface area contributed by atoms with Crippen LogP contribution in [0.5, 0.6) is 0 Å². The summed E-state index contributed by atoms with van der Waals surface area (Å²) in [5.74, 6) is 0.903. The molecule has 1 amide bonds. The van der Waals surface area contributed by atoms with Crippen LogP contribution in [0.25, 0.3) is 0 Å². The van der Waals surface area contributed by atoms with Crippen LogP contribution in [0.1, 0.15) is 63.6 Å². The number of carbonyl (C=O) groups excluding carboxylic acids is 1. The summed E-state index contributed by atoms with van der Waals surface area (Å²) in [6, 6.07) is 8.81. The number of nitrogens with one attached hydrogen (secondary N) is 1. The maximum Gasteiger partial charge on any atom is 0.223 e. The number of hydrogen-bond donors (Lipinski definition) is 1. The lowest BCUT2D eigenvalue weighted by atomic mass is 9.94. The van der Waals surface area contributed by atoms with E-state index in [1.807, 2.05) is 0 Å². The molecule has 0 aromatic heterocycles. The highest BCUT2D eigenvalue weighted by atomic mass is 16.1. The van der Waals surface area contributed by atoms with Crippen LogP contribution >= 0.6 is 0 Å². The fourth-order valence-electron chi connectivity index (χ4n) is 3.05. The van der Waals surface area contributed by atoms with E-state index in [0.717, 1.165) is 19.3 Å². The Morgan fingerprint density at radius 2 is 1.80 bits per heavy atom. The van der Waals surface area contributed by atoms with Crippen molar-refractivity contribution in [2.24, 2.45) is 11.8 Å². The molecule has 2 heteroatoms. The van der Waals surface area contributed by atoms with Gasteiger partial charge < -0.3 is 5.32 Å². The molecule has 110 valence electrons. The second-order valence-corrected chi connectivity index (χ2v) is 6.31. The van der Waals surface area contributed by atoms with Gasteiger partial charge in [0.05, 0.1) is 6.04 Å². The minimum Gasteiger partial charge on any atom is -0.349 e. The van der Waals surface area contributed by atoms with Crippen molar-refractivity contribution in [3.8, 4) is 0 Å². The molecule has 0 saturated heterocycles. The van der Waals surface area contributed by atoms with Gasteiger partial charge in [-0.1, -0.05) is 57.9 Å². The topological polar surface area (TPSA) is 29.1 Å². The quantitative estimate of drug-likeness (QED) is 0.853. The number of amides is 1. The standard InChI is InChI=1S/C18H27NO/c1-4-14-9-11-15(12-10-14)17(13(2)3)19-18(20)16-7-5-6-8-16/h9-13,16-17H,4-8H2,1-3H3,(H,19,20). The fourth-order valence-corrected chi connectivity index (χ4v) is 3.05. The van der Waals surface area contributed by atoms with Crippen molar-refractivity contribution >= 4 is 5.91 Å². The summed E-state index contributed by atoms with van der Waals surface area (Å²) in [6.45, 7) is 6.51. The minimum atomic E-state index is 0.133. The van der Waals surface area contributed by atoms with Crippen LogP contribution in [0.4, 0.5) is 0 Å². The van der Waals surface area contributed by atoms with Gasteiger partial charge in [0.15, 0.2) is 0 Å². The Kier molecular flexibility index (Phi) is 5.22. The number of carbonyl (C=O) groups is 1. The molecule has 1 saturated carbocycles. The van der Waals surface area contributed by atoms with Crippen molar-refractivity contribution in [3.63, 3.8) is 0 Å². The van der Waals surface area contributed by atoms with E-state index in [0.29, 0.717) is 5.92 Å². The van der Waals surface area contributed by atoms with Crippen LogP contribution < -0.4 is 5.32 Å². The molecule has 0 radical (unpaired) electrons. The van der Waals surface area contributed by atoms with Crippen molar-refractivity contribution < 1.29 is 4.79 Å². The molecule has 1 aromatic rings. The van der Waals surface area contributed by atoms with Gasteiger partial charge in [-0.3, -0.25) is 4.79 Å². The first kappa shape index (κ1) is 15.1. The van der Waals surface area contributed by atoms with Gasteiger partial charge in [0.1, 0.15) is 0 Å². The summed E-state index contributed by atoms with van der Waals surface area (Å²) in [5, 5.41) is 3.27. The van der Waals surface area contributed by atoms with Crippen LogP contribution in [0, 0.1) is 11.8 Å². The Morgan fingerprint density at radius 3 is 2.30 bits per heavy atom. The molecule has 20 heavy (non-hydrogen) atoms. The number of hydrogen-bond acceptors (Lipinski definition) is 1. The van der Waals surface area contributed by atoms with E-state index in [2.05, 4.69) is 50.4 Å². The van der Waals surface area contributed by atoms with Crippen molar-refractivity contribution in [1.29, 1.82) is 0 Å². The van der Waals surface area contributed by atoms with Gasteiger partial charge in [0.25, 0.3) is 0 Å². The maximum absolute atomic E-state index is 12.3. The Balaban J connectivity index is 2.07. The number of benzene rings is 1. The summed E-state index contributed by atoms with van der Waals surface area (Å²) in [4.78, 5) is 12.3. The summed E-state index contributed by atoms with van der Waals surface area (Å²) in [7, 11) is 0. The van der Waals surface area contributed by atoms with E-state index >= 15 is 0 Å². The lowest BCUT2D eigenvalue weighted by Gasteiger charge is -2.25. The predicted octanol–water partition coefficient (Wildman–Crippen LogP) is 4.25. The molecule has 0 heterocycles. The lowest BCUT2D eigenvalue weighted by molar-refractivity contribution is -0.125. The van der Waals surface area contributed by atoms with E-state index in [1.165, 1.54) is 24.0 Å². The van der Waals surface area contributed by atoms with Gasteiger partial charge in [-0.15, -0.1) is 0 Å². The second-order valence-electron chi connectivity index (χ2n) is 6.31. The number of rotatable bonds is 5. The SMILES string of the molecule is CCc1ccc(C(NC(=O)C2CCCC2)C(C)C)cc1. The lowest BCUT2D eigenvalue weighted by Crippen LogP contribution is -2.35. The molecule has 1 unspecified atom stereocenters. The summed E-state index contributed by atoms with van der Waals surface area (Å²) in [5.41, 5.74) is 2.57. The molecular weight excluding hydrogens is 246 g/mol. The van der Waals surface area contributed by atoms with Gasteiger partial charge >= 0.3 is 0 Å². The Hall–Kier alpha value is -1.31. The largest absolute Gasteiger partial charge is 0.349 e. The highest BCUT2D eigenvalue weighted by Gasteiger charge is 2.26. The van der Waals surface area contributed by atoms with Crippen molar-refractivity contribution in [2.75, 3.05) is 0 Å². The zero-order valence-corrected chi connectivity index (χ0v) is 13.0. The molecule has 1 aliphatic carbocycles. The molecule has 0 bridgehead atoms. The highest BCUT2D eigenvalue weighted by molar-refractivity contribution is 5.79. The third kappa shape index (κ3) is 3.62. The van der Waals surface area contributed by atoms with Crippen molar-refractivity contribution in [1.82, 2.24) is 5.32 Å². The average Bonchev–Trinajstić information content (AvgIpc) is 2.98. The first-order valence-electron chi connectivity index (χ1n) is 8.01.